The molecular weight excluding hydrogens is 406 g/mol. The van der Waals surface area contributed by atoms with Crippen LogP contribution in [0.15, 0.2) is 32.3 Å². The van der Waals surface area contributed by atoms with Crippen molar-refractivity contribution in [2.45, 2.75) is 4.21 Å². The Morgan fingerprint density at radius 2 is 2.00 bits per heavy atom. The highest BCUT2D eigenvalue weighted by Gasteiger charge is 2.20. The number of nitrogens with one attached hydrogen (secondary N) is 1. The number of anilines is 1. The van der Waals surface area contributed by atoms with Crippen LogP contribution in [0, 0.1) is 0 Å². The van der Waals surface area contributed by atoms with Crippen LogP contribution >= 0.6 is 50.6 Å². The average molecular weight is 411 g/mol. The van der Waals surface area contributed by atoms with Crippen molar-refractivity contribution in [3.05, 3.63) is 33.1 Å². The zero-order valence-corrected chi connectivity index (χ0v) is 14.3. The van der Waals surface area contributed by atoms with E-state index in [0.717, 1.165) is 26.9 Å². The number of halogens is 2. The second-order valence-corrected chi connectivity index (χ2v) is 9.03. The van der Waals surface area contributed by atoms with Crippen LogP contribution in [-0.2, 0) is 10.0 Å². The lowest BCUT2D eigenvalue weighted by Gasteiger charge is -2.08. The summed E-state index contributed by atoms with van der Waals surface area (Å²) in [5.41, 5.74) is 1.30. The van der Waals surface area contributed by atoms with E-state index in [1.165, 1.54) is 6.07 Å². The molecule has 0 saturated heterocycles. The van der Waals surface area contributed by atoms with Gasteiger partial charge in [-0.1, -0.05) is 11.6 Å². The summed E-state index contributed by atoms with van der Waals surface area (Å²) >= 11 is 11.4. The quantitative estimate of drug-likeness (QED) is 0.709. The molecule has 0 spiro atoms. The number of rotatable bonds is 3. The van der Waals surface area contributed by atoms with Crippen LogP contribution in [0.1, 0.15) is 0 Å². The molecule has 0 atom stereocenters. The van der Waals surface area contributed by atoms with Crippen molar-refractivity contribution >= 4 is 77.3 Å². The molecule has 2 aromatic heterocycles. The molecule has 0 aliphatic rings. The van der Waals surface area contributed by atoms with E-state index < -0.39 is 10.0 Å². The molecule has 104 valence electrons. The van der Waals surface area contributed by atoms with Crippen molar-refractivity contribution in [1.29, 1.82) is 0 Å². The van der Waals surface area contributed by atoms with Gasteiger partial charge in [-0.15, -0.1) is 11.3 Å². The molecule has 0 aliphatic carbocycles. The summed E-state index contributed by atoms with van der Waals surface area (Å²) in [7, 11) is -3.69. The lowest BCUT2D eigenvalue weighted by atomic mass is 10.3. The molecule has 0 saturated carbocycles. The molecule has 20 heavy (non-hydrogen) atoms. The zero-order chi connectivity index (χ0) is 14.3. The van der Waals surface area contributed by atoms with Gasteiger partial charge in [0.1, 0.15) is 15.2 Å². The molecule has 0 fully saturated rings. The van der Waals surface area contributed by atoms with Crippen LogP contribution in [0.2, 0.25) is 5.02 Å². The lowest BCUT2D eigenvalue weighted by molar-refractivity contribution is 0.603. The van der Waals surface area contributed by atoms with Gasteiger partial charge in [-0.2, -0.15) is 8.75 Å². The first-order valence-corrected chi connectivity index (χ1v) is 9.36. The number of hydrogen-bond donors (Lipinski definition) is 1. The fraction of sp³-hybridized carbons (Fsp3) is 0. The number of sulfonamides is 1. The summed E-state index contributed by atoms with van der Waals surface area (Å²) in [4.78, 5) is 0. The Morgan fingerprint density at radius 1 is 1.20 bits per heavy atom. The van der Waals surface area contributed by atoms with E-state index in [0.29, 0.717) is 11.0 Å². The van der Waals surface area contributed by atoms with Crippen LogP contribution in [0.3, 0.4) is 0 Å². The van der Waals surface area contributed by atoms with Gasteiger partial charge in [-0.05, 0) is 40.2 Å². The molecule has 3 aromatic rings. The fourth-order valence-electron chi connectivity index (χ4n) is 1.55. The summed E-state index contributed by atoms with van der Waals surface area (Å²) in [6, 6.07) is 6.48. The number of hydrogen-bond acceptors (Lipinski definition) is 6. The van der Waals surface area contributed by atoms with Crippen molar-refractivity contribution in [3.8, 4) is 0 Å². The Labute approximate surface area is 136 Å². The van der Waals surface area contributed by atoms with Crippen molar-refractivity contribution < 1.29 is 8.42 Å². The highest BCUT2D eigenvalue weighted by Crippen LogP contribution is 2.33. The maximum atomic E-state index is 12.3. The molecule has 1 aromatic carbocycles. The largest absolute Gasteiger partial charge is 0.275 e. The Kier molecular flexibility index (Phi) is 3.71. The Hall–Kier alpha value is -0.740. The minimum Gasteiger partial charge on any atom is -0.275 e. The second kappa shape index (κ2) is 5.23. The highest BCUT2D eigenvalue weighted by molar-refractivity contribution is 9.11. The molecule has 0 radical (unpaired) electrons. The maximum Gasteiger partial charge on any atom is 0.271 e. The van der Waals surface area contributed by atoms with E-state index in [2.05, 4.69) is 29.4 Å². The summed E-state index contributed by atoms with van der Waals surface area (Å²) in [6.07, 6.45) is 0. The molecule has 0 amide bonds. The van der Waals surface area contributed by atoms with Crippen molar-refractivity contribution in [3.63, 3.8) is 0 Å². The van der Waals surface area contributed by atoms with Gasteiger partial charge in [0.05, 0.1) is 26.2 Å². The van der Waals surface area contributed by atoms with Crippen LogP contribution in [0.4, 0.5) is 5.69 Å². The molecular formula is C10H5BrClN3O2S3. The Bertz CT molecular complexity index is 890. The third-order valence-corrected chi connectivity index (χ3v) is 6.75. The molecule has 0 bridgehead atoms. The number of thiophene rings is 1. The summed E-state index contributed by atoms with van der Waals surface area (Å²) in [5, 5.41) is 0.282. The molecule has 5 nitrogen and oxygen atoms in total. The van der Waals surface area contributed by atoms with Gasteiger partial charge in [-0.3, -0.25) is 4.72 Å². The van der Waals surface area contributed by atoms with Crippen LogP contribution in [-0.4, -0.2) is 17.2 Å². The summed E-state index contributed by atoms with van der Waals surface area (Å²) in [5.74, 6) is 0. The van der Waals surface area contributed by atoms with E-state index in [1.54, 1.807) is 18.2 Å². The van der Waals surface area contributed by atoms with E-state index >= 15 is 0 Å². The third kappa shape index (κ3) is 2.56. The maximum absolute atomic E-state index is 12.3. The van der Waals surface area contributed by atoms with Gasteiger partial charge in [0.15, 0.2) is 0 Å². The summed E-state index contributed by atoms with van der Waals surface area (Å²) in [6.45, 7) is 0. The number of nitrogens with zero attached hydrogens (tertiary/aromatic N) is 2. The van der Waals surface area contributed by atoms with E-state index in [4.69, 9.17) is 11.6 Å². The van der Waals surface area contributed by atoms with Crippen molar-refractivity contribution in [1.82, 2.24) is 8.75 Å². The van der Waals surface area contributed by atoms with Gasteiger partial charge in [0.2, 0.25) is 0 Å². The fourth-order valence-corrected chi connectivity index (χ4v) is 5.45. The minimum absolute atomic E-state index is 0.195. The Balaban J connectivity index is 2.09. The van der Waals surface area contributed by atoms with Gasteiger partial charge >= 0.3 is 0 Å². The monoisotopic (exact) mass is 409 g/mol. The molecule has 1 N–H and O–H groups in total. The average Bonchev–Trinajstić information content (AvgIpc) is 3.01. The first kappa shape index (κ1) is 14.2. The minimum atomic E-state index is -3.69. The zero-order valence-electron chi connectivity index (χ0n) is 9.50. The number of aromatic nitrogens is 2. The molecule has 2 heterocycles. The SMILES string of the molecule is O=S(=O)(Nc1c(Cl)ccc2nsnc12)c1ccc(Br)s1. The topological polar surface area (TPSA) is 72.0 Å². The van der Waals surface area contributed by atoms with E-state index in [1.807, 2.05) is 0 Å². The molecule has 0 aliphatic heterocycles. The van der Waals surface area contributed by atoms with Crippen molar-refractivity contribution in [2.75, 3.05) is 4.72 Å². The summed E-state index contributed by atoms with van der Waals surface area (Å²) < 4.78 is 36.2. The molecule has 0 unspecified atom stereocenters. The van der Waals surface area contributed by atoms with Crippen LogP contribution < -0.4 is 4.72 Å². The number of benzene rings is 1. The Morgan fingerprint density at radius 3 is 2.70 bits per heavy atom. The number of fused-ring (bicyclic) bond motifs is 1. The van der Waals surface area contributed by atoms with Crippen LogP contribution in [0.25, 0.3) is 11.0 Å². The van der Waals surface area contributed by atoms with E-state index in [9.17, 15) is 8.42 Å². The third-order valence-electron chi connectivity index (χ3n) is 2.43. The first-order chi connectivity index (χ1) is 9.47. The predicted octanol–water partition coefficient (Wildman–Crippen LogP) is 3.97. The van der Waals surface area contributed by atoms with E-state index in [-0.39, 0.29) is 14.9 Å². The molecule has 3 rings (SSSR count). The molecule has 10 heteroatoms. The van der Waals surface area contributed by atoms with Gasteiger partial charge in [0, 0.05) is 0 Å². The predicted molar refractivity (Wildman–Crippen MR) is 85.3 cm³/mol. The van der Waals surface area contributed by atoms with Gasteiger partial charge in [-0.25, -0.2) is 8.42 Å². The first-order valence-electron chi connectivity index (χ1n) is 5.16. The van der Waals surface area contributed by atoms with Crippen molar-refractivity contribution in [2.24, 2.45) is 0 Å². The van der Waals surface area contributed by atoms with Gasteiger partial charge in [0.25, 0.3) is 10.0 Å². The standard InChI is InChI=1S/C10H5BrClN3O2S3/c11-7-3-4-8(18-7)20(16,17)15-9-5(12)1-2-6-10(9)14-19-13-6/h1-4,15H. The second-order valence-electron chi connectivity index (χ2n) is 3.72. The lowest BCUT2D eigenvalue weighted by Crippen LogP contribution is -2.12. The van der Waals surface area contributed by atoms with Crippen LogP contribution in [0.5, 0.6) is 0 Å². The smallest absolute Gasteiger partial charge is 0.271 e. The normalized spacial score (nSPS) is 11.9. The van der Waals surface area contributed by atoms with Gasteiger partial charge < -0.3 is 0 Å². The highest BCUT2D eigenvalue weighted by atomic mass is 79.9.